The number of aromatic nitrogens is 2. The van der Waals surface area contributed by atoms with Crippen LogP contribution in [0, 0.1) is 16.1 Å². The molecule has 3 rings (SSSR count). The number of hydrogen-bond donors (Lipinski definition) is 1. The van der Waals surface area contributed by atoms with Gasteiger partial charge >= 0.3 is 0 Å². The summed E-state index contributed by atoms with van der Waals surface area (Å²) in [5.41, 5.74) is 2.71. The van der Waals surface area contributed by atoms with Gasteiger partial charge < -0.3 is 9.55 Å². The maximum Gasteiger partial charge on any atom is 0.178 e. The number of imidazole rings is 1. The third kappa shape index (κ3) is 2.37. The first-order valence-electron chi connectivity index (χ1n) is 7.06. The van der Waals surface area contributed by atoms with Crippen molar-refractivity contribution < 1.29 is 0 Å². The topological polar surface area (TPSA) is 47.8 Å². The number of rotatable bonds is 3. The molecule has 5 heteroatoms. The van der Waals surface area contributed by atoms with E-state index >= 15 is 0 Å². The fourth-order valence-corrected chi connectivity index (χ4v) is 3.25. The van der Waals surface area contributed by atoms with Crippen LogP contribution in [0.1, 0.15) is 25.3 Å². The maximum absolute atomic E-state index is 9.05. The predicted octanol–water partition coefficient (Wildman–Crippen LogP) is 3.05. The molecular weight excluding hydrogens is 268 g/mol. The van der Waals surface area contributed by atoms with Gasteiger partial charge in [0.15, 0.2) is 4.77 Å². The molecule has 1 unspecified atom stereocenters. The van der Waals surface area contributed by atoms with Crippen molar-refractivity contribution in [2.24, 2.45) is 0 Å². The van der Waals surface area contributed by atoms with Gasteiger partial charge in [0, 0.05) is 12.6 Å². The lowest BCUT2D eigenvalue weighted by Crippen LogP contribution is -2.33. The Kier molecular flexibility index (Phi) is 3.60. The molecule has 1 aliphatic heterocycles. The van der Waals surface area contributed by atoms with Crippen molar-refractivity contribution in [3.05, 3.63) is 28.5 Å². The van der Waals surface area contributed by atoms with E-state index in [0.717, 1.165) is 22.3 Å². The minimum atomic E-state index is 0.467. The van der Waals surface area contributed by atoms with E-state index in [9.17, 15) is 0 Å². The van der Waals surface area contributed by atoms with Gasteiger partial charge in [-0.3, -0.25) is 4.90 Å². The fraction of sp³-hybridized carbons (Fsp3) is 0.467. The summed E-state index contributed by atoms with van der Waals surface area (Å²) >= 11 is 5.43. The molecule has 0 spiro atoms. The van der Waals surface area contributed by atoms with Gasteiger partial charge in [0.2, 0.25) is 0 Å². The molecule has 2 aromatic rings. The van der Waals surface area contributed by atoms with Gasteiger partial charge in [-0.05, 0) is 63.3 Å². The molecule has 1 atom stereocenters. The van der Waals surface area contributed by atoms with Crippen LogP contribution in [-0.4, -0.2) is 33.6 Å². The van der Waals surface area contributed by atoms with E-state index in [1.807, 2.05) is 18.2 Å². The van der Waals surface area contributed by atoms with Gasteiger partial charge in [0.25, 0.3) is 0 Å². The molecule has 104 valence electrons. The van der Waals surface area contributed by atoms with Gasteiger partial charge in [-0.2, -0.15) is 5.26 Å². The lowest BCUT2D eigenvalue weighted by Gasteiger charge is -2.24. The van der Waals surface area contributed by atoms with Crippen LogP contribution in [-0.2, 0) is 6.54 Å². The van der Waals surface area contributed by atoms with Crippen LogP contribution >= 0.6 is 12.2 Å². The van der Waals surface area contributed by atoms with Crippen molar-refractivity contribution in [2.75, 3.05) is 13.1 Å². The van der Waals surface area contributed by atoms with Gasteiger partial charge in [-0.25, -0.2) is 0 Å². The van der Waals surface area contributed by atoms with Crippen LogP contribution in [0.4, 0.5) is 0 Å². The molecule has 1 aromatic heterocycles. The molecule has 0 aliphatic carbocycles. The number of H-pyrrole nitrogens is 1. The van der Waals surface area contributed by atoms with Gasteiger partial charge in [-0.15, -0.1) is 0 Å². The molecule has 4 nitrogen and oxygen atoms in total. The van der Waals surface area contributed by atoms with E-state index in [1.54, 1.807) is 0 Å². The quantitative estimate of drug-likeness (QED) is 0.882. The van der Waals surface area contributed by atoms with E-state index in [1.165, 1.54) is 25.9 Å². The van der Waals surface area contributed by atoms with Crippen LogP contribution in [0.15, 0.2) is 18.2 Å². The highest BCUT2D eigenvalue weighted by atomic mass is 32.1. The monoisotopic (exact) mass is 286 g/mol. The summed E-state index contributed by atoms with van der Waals surface area (Å²) in [5, 5.41) is 9.05. The lowest BCUT2D eigenvalue weighted by molar-refractivity contribution is 0.237. The fourth-order valence-electron chi connectivity index (χ4n) is 2.97. The minimum Gasteiger partial charge on any atom is -0.331 e. The molecule has 2 heterocycles. The second kappa shape index (κ2) is 5.39. The average molecular weight is 286 g/mol. The number of nitriles is 1. The molecule has 1 N–H and O–H groups in total. The van der Waals surface area contributed by atoms with Crippen LogP contribution in [0.5, 0.6) is 0 Å². The van der Waals surface area contributed by atoms with Gasteiger partial charge in [0.05, 0.1) is 22.7 Å². The normalized spacial score (nSPS) is 17.4. The molecule has 1 aromatic carbocycles. The SMILES string of the molecule is CC(Cn1c(=S)[nH]c2ccc(C#N)cc21)N1CCCC1. The predicted molar refractivity (Wildman–Crippen MR) is 82.1 cm³/mol. The number of nitrogens with one attached hydrogen (secondary N) is 1. The first-order valence-corrected chi connectivity index (χ1v) is 7.46. The van der Waals surface area contributed by atoms with Crippen molar-refractivity contribution in [2.45, 2.75) is 32.4 Å². The number of aromatic amines is 1. The van der Waals surface area contributed by atoms with Crippen LogP contribution in [0.3, 0.4) is 0 Å². The standard InChI is InChI=1S/C15H18N4S/c1-11(18-6-2-3-7-18)10-19-14-8-12(9-16)4-5-13(14)17-15(19)20/h4-5,8,11H,2-3,6-7,10H2,1H3,(H,17,20). The molecule has 1 fully saturated rings. The summed E-state index contributed by atoms with van der Waals surface area (Å²) in [6, 6.07) is 8.33. The van der Waals surface area contributed by atoms with Crippen LogP contribution in [0.25, 0.3) is 11.0 Å². The number of hydrogen-bond acceptors (Lipinski definition) is 3. The number of benzene rings is 1. The van der Waals surface area contributed by atoms with Crippen molar-refractivity contribution >= 4 is 23.3 Å². The Hall–Kier alpha value is -1.64. The van der Waals surface area contributed by atoms with Gasteiger partial charge in [0.1, 0.15) is 0 Å². The summed E-state index contributed by atoms with van der Waals surface area (Å²) in [6.45, 7) is 5.48. The van der Waals surface area contributed by atoms with Crippen molar-refractivity contribution in [1.82, 2.24) is 14.5 Å². The third-order valence-corrected chi connectivity index (χ3v) is 4.44. The first-order chi connectivity index (χ1) is 9.69. The van der Waals surface area contributed by atoms with Crippen molar-refractivity contribution in [3.8, 4) is 6.07 Å². The number of fused-ring (bicyclic) bond motifs is 1. The lowest BCUT2D eigenvalue weighted by atomic mass is 10.2. The summed E-state index contributed by atoms with van der Waals surface area (Å²) in [5.74, 6) is 0. The molecule has 0 radical (unpaired) electrons. The Morgan fingerprint density at radius 1 is 1.40 bits per heavy atom. The zero-order chi connectivity index (χ0) is 14.1. The second-order valence-electron chi connectivity index (χ2n) is 5.48. The van der Waals surface area contributed by atoms with E-state index in [2.05, 4.69) is 27.4 Å². The highest BCUT2D eigenvalue weighted by Gasteiger charge is 2.19. The molecule has 20 heavy (non-hydrogen) atoms. The zero-order valence-corrected chi connectivity index (χ0v) is 12.4. The Morgan fingerprint density at radius 3 is 2.85 bits per heavy atom. The van der Waals surface area contributed by atoms with E-state index in [0.29, 0.717) is 11.6 Å². The average Bonchev–Trinajstić information content (AvgIpc) is 3.07. The highest BCUT2D eigenvalue weighted by molar-refractivity contribution is 7.71. The second-order valence-corrected chi connectivity index (χ2v) is 5.86. The smallest absolute Gasteiger partial charge is 0.178 e. The number of likely N-dealkylation sites (tertiary alicyclic amines) is 1. The molecule has 0 amide bonds. The largest absolute Gasteiger partial charge is 0.331 e. The maximum atomic E-state index is 9.05. The zero-order valence-electron chi connectivity index (χ0n) is 11.6. The summed E-state index contributed by atoms with van der Waals surface area (Å²) in [4.78, 5) is 5.73. The first kappa shape index (κ1) is 13.3. The Labute approximate surface area is 123 Å². The summed E-state index contributed by atoms with van der Waals surface area (Å²) in [7, 11) is 0. The van der Waals surface area contributed by atoms with Crippen LogP contribution < -0.4 is 0 Å². The summed E-state index contributed by atoms with van der Waals surface area (Å²) in [6.07, 6.45) is 2.59. The molecular formula is C15H18N4S. The minimum absolute atomic E-state index is 0.467. The number of nitrogens with zero attached hydrogens (tertiary/aromatic N) is 3. The van der Waals surface area contributed by atoms with Crippen LogP contribution in [0.2, 0.25) is 0 Å². The van der Waals surface area contributed by atoms with Crippen molar-refractivity contribution in [1.29, 1.82) is 5.26 Å². The van der Waals surface area contributed by atoms with E-state index in [4.69, 9.17) is 17.5 Å². The Balaban J connectivity index is 1.95. The summed E-state index contributed by atoms with van der Waals surface area (Å²) < 4.78 is 2.86. The third-order valence-electron chi connectivity index (χ3n) is 4.12. The molecule has 0 saturated carbocycles. The Bertz CT molecular complexity index is 716. The van der Waals surface area contributed by atoms with E-state index in [-0.39, 0.29) is 0 Å². The van der Waals surface area contributed by atoms with Gasteiger partial charge in [-0.1, -0.05) is 0 Å². The Morgan fingerprint density at radius 2 is 2.15 bits per heavy atom. The molecule has 1 saturated heterocycles. The highest BCUT2D eigenvalue weighted by Crippen LogP contribution is 2.19. The molecule has 1 aliphatic rings. The van der Waals surface area contributed by atoms with E-state index < -0.39 is 0 Å². The molecule has 0 bridgehead atoms. The van der Waals surface area contributed by atoms with Crippen molar-refractivity contribution in [3.63, 3.8) is 0 Å².